The molecule has 1 saturated carbocycles. The fourth-order valence-electron chi connectivity index (χ4n) is 2.96. The van der Waals surface area contributed by atoms with Crippen molar-refractivity contribution in [2.45, 2.75) is 43.3 Å². The van der Waals surface area contributed by atoms with Crippen LogP contribution in [0.2, 0.25) is 0 Å². The molecule has 0 radical (unpaired) electrons. The van der Waals surface area contributed by atoms with Gasteiger partial charge in [-0.25, -0.2) is 0 Å². The average molecular weight is 256 g/mol. The summed E-state index contributed by atoms with van der Waals surface area (Å²) in [6.45, 7) is 2.96. The number of hydrogen-bond donors (Lipinski definition) is 2. The Hall–Kier alpha value is -0.220. The topological polar surface area (TPSA) is 41.1 Å². The van der Waals surface area contributed by atoms with Gasteiger partial charge < -0.3 is 10.6 Å². The molecule has 17 heavy (non-hydrogen) atoms. The minimum Gasteiger partial charge on any atom is -0.355 e. The summed E-state index contributed by atoms with van der Waals surface area (Å²) in [5.74, 6) is 0.808. The highest BCUT2D eigenvalue weighted by molar-refractivity contribution is 8.00. The maximum absolute atomic E-state index is 11.9. The van der Waals surface area contributed by atoms with Crippen LogP contribution in [0.3, 0.4) is 0 Å². The van der Waals surface area contributed by atoms with E-state index >= 15 is 0 Å². The molecule has 1 heterocycles. The summed E-state index contributed by atoms with van der Waals surface area (Å²) in [5, 5.41) is 6.47. The van der Waals surface area contributed by atoms with Gasteiger partial charge in [0.2, 0.25) is 5.91 Å². The molecule has 0 spiro atoms. The predicted octanol–water partition coefficient (Wildman–Crippen LogP) is 1.78. The van der Waals surface area contributed by atoms with Crippen molar-refractivity contribution in [2.24, 2.45) is 5.92 Å². The lowest BCUT2D eigenvalue weighted by Crippen LogP contribution is -2.39. The van der Waals surface area contributed by atoms with Crippen molar-refractivity contribution >= 4 is 17.7 Å². The summed E-state index contributed by atoms with van der Waals surface area (Å²) >= 11 is 1.94. The van der Waals surface area contributed by atoms with Crippen LogP contribution >= 0.6 is 11.8 Å². The first-order chi connectivity index (χ1) is 8.24. The molecule has 1 atom stereocenters. The largest absolute Gasteiger partial charge is 0.355 e. The summed E-state index contributed by atoms with van der Waals surface area (Å²) in [4.78, 5) is 11.9. The van der Waals surface area contributed by atoms with Gasteiger partial charge in [0, 0.05) is 17.7 Å². The number of carbonyl (C=O) groups excluding carboxylic acids is 1. The van der Waals surface area contributed by atoms with Gasteiger partial charge in [0.1, 0.15) is 0 Å². The monoisotopic (exact) mass is 256 g/mol. The summed E-state index contributed by atoms with van der Waals surface area (Å²) in [7, 11) is 0. The second-order valence-electron chi connectivity index (χ2n) is 5.43. The van der Waals surface area contributed by atoms with Crippen molar-refractivity contribution in [1.82, 2.24) is 10.6 Å². The minimum absolute atomic E-state index is 0.249. The second-order valence-corrected chi connectivity index (χ2v) is 6.71. The Kier molecular flexibility index (Phi) is 4.74. The van der Waals surface area contributed by atoms with Gasteiger partial charge in [0.05, 0.1) is 0 Å². The highest BCUT2D eigenvalue weighted by Gasteiger charge is 2.33. The molecule has 2 N–H and O–H groups in total. The molecule has 1 aliphatic heterocycles. The van der Waals surface area contributed by atoms with Gasteiger partial charge in [-0.2, -0.15) is 11.8 Å². The standard InChI is InChI=1S/C13H24N2OS/c1-17-13(5-2-3-6-13)10-15-12(16)8-11-4-7-14-9-11/h11,14H,2-10H2,1H3,(H,15,16). The molecule has 2 fully saturated rings. The van der Waals surface area contributed by atoms with E-state index in [1.807, 2.05) is 11.8 Å². The maximum Gasteiger partial charge on any atom is 0.220 e. The quantitative estimate of drug-likeness (QED) is 0.788. The summed E-state index contributed by atoms with van der Waals surface area (Å²) in [6, 6.07) is 0. The normalized spacial score (nSPS) is 27.2. The lowest BCUT2D eigenvalue weighted by Gasteiger charge is -2.27. The van der Waals surface area contributed by atoms with E-state index in [1.165, 1.54) is 25.7 Å². The van der Waals surface area contributed by atoms with Crippen LogP contribution in [0.1, 0.15) is 38.5 Å². The Morgan fingerprint density at radius 3 is 2.82 bits per heavy atom. The van der Waals surface area contributed by atoms with E-state index in [0.29, 0.717) is 17.1 Å². The van der Waals surface area contributed by atoms with Crippen molar-refractivity contribution in [3.63, 3.8) is 0 Å². The Labute approximate surface area is 108 Å². The SMILES string of the molecule is CSC1(CNC(=O)CC2CCNC2)CCCC1. The molecule has 0 bridgehead atoms. The van der Waals surface area contributed by atoms with Gasteiger partial charge in [-0.05, 0) is 44.5 Å². The number of thioether (sulfide) groups is 1. The third kappa shape index (κ3) is 3.62. The van der Waals surface area contributed by atoms with E-state index in [4.69, 9.17) is 0 Å². The number of carbonyl (C=O) groups is 1. The Morgan fingerprint density at radius 1 is 1.47 bits per heavy atom. The van der Waals surface area contributed by atoms with Gasteiger partial charge >= 0.3 is 0 Å². The summed E-state index contributed by atoms with van der Waals surface area (Å²) in [5.41, 5.74) is 0. The molecule has 1 unspecified atom stereocenters. The van der Waals surface area contributed by atoms with Crippen molar-refractivity contribution in [3.05, 3.63) is 0 Å². The number of hydrogen-bond acceptors (Lipinski definition) is 3. The highest BCUT2D eigenvalue weighted by Crippen LogP contribution is 2.39. The summed E-state index contributed by atoms with van der Waals surface area (Å²) < 4.78 is 0.337. The van der Waals surface area contributed by atoms with Gasteiger partial charge in [-0.3, -0.25) is 4.79 Å². The Balaban J connectivity index is 1.71. The van der Waals surface area contributed by atoms with Crippen molar-refractivity contribution in [1.29, 1.82) is 0 Å². The molecule has 3 nitrogen and oxygen atoms in total. The first-order valence-corrected chi connectivity index (χ1v) is 7.99. The first kappa shape index (κ1) is 13.2. The number of rotatable bonds is 5. The molecule has 98 valence electrons. The number of amides is 1. The molecule has 2 aliphatic rings. The van der Waals surface area contributed by atoms with E-state index in [2.05, 4.69) is 16.9 Å². The van der Waals surface area contributed by atoms with E-state index in [1.54, 1.807) is 0 Å². The first-order valence-electron chi connectivity index (χ1n) is 6.77. The second kappa shape index (κ2) is 6.10. The third-order valence-electron chi connectivity index (χ3n) is 4.19. The zero-order valence-electron chi connectivity index (χ0n) is 10.8. The van der Waals surface area contributed by atoms with Gasteiger partial charge in [0.15, 0.2) is 0 Å². The smallest absolute Gasteiger partial charge is 0.220 e. The molecule has 1 aliphatic carbocycles. The van der Waals surface area contributed by atoms with Crippen molar-refractivity contribution < 1.29 is 4.79 Å². The summed E-state index contributed by atoms with van der Waals surface area (Å²) in [6.07, 6.45) is 9.21. The fraction of sp³-hybridized carbons (Fsp3) is 0.923. The Bertz CT molecular complexity index is 258. The van der Waals surface area contributed by atoms with Crippen LogP contribution in [0.15, 0.2) is 0 Å². The molecule has 1 amide bonds. The zero-order chi connectivity index (χ0) is 12.1. The fourth-order valence-corrected chi connectivity index (χ4v) is 3.87. The number of nitrogens with one attached hydrogen (secondary N) is 2. The molecule has 0 aromatic heterocycles. The van der Waals surface area contributed by atoms with Gasteiger partial charge in [-0.1, -0.05) is 12.8 Å². The molecule has 1 saturated heterocycles. The van der Waals surface area contributed by atoms with Crippen LogP contribution in [0, 0.1) is 5.92 Å². The third-order valence-corrected chi connectivity index (χ3v) is 5.61. The van der Waals surface area contributed by atoms with E-state index in [0.717, 1.165) is 26.1 Å². The maximum atomic E-state index is 11.9. The van der Waals surface area contributed by atoms with Crippen LogP contribution in [0.5, 0.6) is 0 Å². The minimum atomic E-state index is 0.249. The lowest BCUT2D eigenvalue weighted by atomic mass is 10.0. The lowest BCUT2D eigenvalue weighted by molar-refractivity contribution is -0.122. The van der Waals surface area contributed by atoms with Crippen molar-refractivity contribution in [3.8, 4) is 0 Å². The van der Waals surface area contributed by atoms with Gasteiger partial charge in [-0.15, -0.1) is 0 Å². The van der Waals surface area contributed by atoms with Crippen LogP contribution in [-0.4, -0.2) is 36.5 Å². The molecule has 4 heteroatoms. The zero-order valence-corrected chi connectivity index (χ0v) is 11.6. The molecular formula is C13H24N2OS. The van der Waals surface area contributed by atoms with Crippen LogP contribution in [-0.2, 0) is 4.79 Å². The van der Waals surface area contributed by atoms with Crippen molar-refractivity contribution in [2.75, 3.05) is 25.9 Å². The average Bonchev–Trinajstić information content (AvgIpc) is 2.98. The van der Waals surface area contributed by atoms with Crippen LogP contribution < -0.4 is 10.6 Å². The molecule has 2 rings (SSSR count). The highest BCUT2D eigenvalue weighted by atomic mass is 32.2. The van der Waals surface area contributed by atoms with E-state index < -0.39 is 0 Å². The van der Waals surface area contributed by atoms with Crippen LogP contribution in [0.4, 0.5) is 0 Å². The predicted molar refractivity (Wildman–Crippen MR) is 73.3 cm³/mol. The van der Waals surface area contributed by atoms with Gasteiger partial charge in [0.25, 0.3) is 0 Å². The van der Waals surface area contributed by atoms with Crippen LogP contribution in [0.25, 0.3) is 0 Å². The molecular weight excluding hydrogens is 232 g/mol. The molecule has 0 aromatic rings. The Morgan fingerprint density at radius 2 is 2.24 bits per heavy atom. The van der Waals surface area contributed by atoms with E-state index in [9.17, 15) is 4.79 Å². The molecule has 0 aromatic carbocycles. The van der Waals surface area contributed by atoms with E-state index in [-0.39, 0.29) is 5.91 Å².